The first-order chi connectivity index (χ1) is 7.43. The number of hydrogen-bond donors (Lipinski definition) is 1. The maximum atomic E-state index is 5.46. The minimum absolute atomic E-state index is 0.665. The third kappa shape index (κ3) is 6.04. The molecule has 1 rings (SSSR count). The van der Waals surface area contributed by atoms with E-state index in [1.165, 1.54) is 0 Å². The highest BCUT2D eigenvalue weighted by atomic mass is 16.5. The van der Waals surface area contributed by atoms with Gasteiger partial charge in [-0.1, -0.05) is 0 Å². The number of pyridine rings is 1. The van der Waals surface area contributed by atoms with Crippen LogP contribution in [-0.2, 0) is 4.74 Å². The molecule has 84 valence electrons. The molecule has 4 heteroatoms. The van der Waals surface area contributed by atoms with Gasteiger partial charge in [-0.15, -0.1) is 0 Å². The predicted molar refractivity (Wildman–Crippen MR) is 59.1 cm³/mol. The summed E-state index contributed by atoms with van der Waals surface area (Å²) >= 11 is 0. The number of ether oxygens (including phenoxy) is 2. The lowest BCUT2D eigenvalue weighted by Gasteiger charge is -2.06. The standard InChI is InChI=1S/C11H18N2O2/c1-14-8-3-6-12-7-9-15-11-4-2-5-13-10-11/h2,4-5,10,12H,3,6-9H2,1H3. The van der Waals surface area contributed by atoms with Gasteiger partial charge in [0, 0.05) is 26.5 Å². The summed E-state index contributed by atoms with van der Waals surface area (Å²) in [6, 6.07) is 3.76. The van der Waals surface area contributed by atoms with Crippen LogP contribution in [0.4, 0.5) is 0 Å². The Hall–Kier alpha value is -1.13. The number of aromatic nitrogens is 1. The van der Waals surface area contributed by atoms with Gasteiger partial charge in [0.1, 0.15) is 12.4 Å². The third-order valence-corrected chi connectivity index (χ3v) is 1.88. The fraction of sp³-hybridized carbons (Fsp3) is 0.545. The van der Waals surface area contributed by atoms with E-state index in [9.17, 15) is 0 Å². The Labute approximate surface area is 90.6 Å². The van der Waals surface area contributed by atoms with E-state index in [1.54, 1.807) is 19.5 Å². The van der Waals surface area contributed by atoms with Crippen LogP contribution in [0.15, 0.2) is 24.5 Å². The van der Waals surface area contributed by atoms with E-state index in [4.69, 9.17) is 9.47 Å². The minimum Gasteiger partial charge on any atom is -0.491 e. The molecule has 1 aromatic heterocycles. The average Bonchev–Trinajstić information content (AvgIpc) is 2.29. The van der Waals surface area contributed by atoms with Crippen molar-refractivity contribution in [3.63, 3.8) is 0 Å². The minimum atomic E-state index is 0.665. The van der Waals surface area contributed by atoms with Crippen molar-refractivity contribution in [2.24, 2.45) is 0 Å². The van der Waals surface area contributed by atoms with Crippen LogP contribution in [0.2, 0.25) is 0 Å². The van der Waals surface area contributed by atoms with Crippen LogP contribution in [0, 0.1) is 0 Å². The normalized spacial score (nSPS) is 10.2. The Morgan fingerprint density at radius 2 is 2.27 bits per heavy atom. The fourth-order valence-electron chi connectivity index (χ4n) is 1.14. The van der Waals surface area contributed by atoms with Crippen molar-refractivity contribution in [3.05, 3.63) is 24.5 Å². The first-order valence-corrected chi connectivity index (χ1v) is 5.16. The molecule has 0 aliphatic carbocycles. The SMILES string of the molecule is COCCCNCCOc1cccnc1. The Morgan fingerprint density at radius 3 is 3.00 bits per heavy atom. The van der Waals surface area contributed by atoms with Crippen molar-refractivity contribution >= 4 is 0 Å². The molecular formula is C11H18N2O2. The van der Waals surface area contributed by atoms with Gasteiger partial charge in [0.15, 0.2) is 0 Å². The van der Waals surface area contributed by atoms with Crippen LogP contribution in [0.1, 0.15) is 6.42 Å². The maximum Gasteiger partial charge on any atom is 0.137 e. The largest absolute Gasteiger partial charge is 0.491 e. The van der Waals surface area contributed by atoms with Crippen molar-refractivity contribution < 1.29 is 9.47 Å². The van der Waals surface area contributed by atoms with E-state index < -0.39 is 0 Å². The van der Waals surface area contributed by atoms with E-state index in [2.05, 4.69) is 10.3 Å². The van der Waals surface area contributed by atoms with Crippen molar-refractivity contribution in [2.75, 3.05) is 33.4 Å². The van der Waals surface area contributed by atoms with Gasteiger partial charge in [-0.05, 0) is 25.1 Å². The van der Waals surface area contributed by atoms with Crippen LogP contribution in [0.3, 0.4) is 0 Å². The lowest BCUT2D eigenvalue weighted by molar-refractivity contribution is 0.193. The number of nitrogens with one attached hydrogen (secondary N) is 1. The summed E-state index contributed by atoms with van der Waals surface area (Å²) in [5.74, 6) is 0.816. The first kappa shape index (κ1) is 11.9. The van der Waals surface area contributed by atoms with E-state index >= 15 is 0 Å². The molecule has 15 heavy (non-hydrogen) atoms. The topological polar surface area (TPSA) is 43.4 Å². The molecule has 0 bridgehead atoms. The maximum absolute atomic E-state index is 5.46. The average molecular weight is 210 g/mol. The highest BCUT2D eigenvalue weighted by molar-refractivity contribution is 5.15. The van der Waals surface area contributed by atoms with Crippen molar-refractivity contribution in [1.29, 1.82) is 0 Å². The lowest BCUT2D eigenvalue weighted by Crippen LogP contribution is -2.22. The van der Waals surface area contributed by atoms with Crippen molar-refractivity contribution in [2.45, 2.75) is 6.42 Å². The van der Waals surface area contributed by atoms with E-state index in [0.29, 0.717) is 6.61 Å². The van der Waals surface area contributed by atoms with Gasteiger partial charge < -0.3 is 14.8 Å². The fourth-order valence-corrected chi connectivity index (χ4v) is 1.14. The number of rotatable bonds is 8. The van der Waals surface area contributed by atoms with E-state index in [-0.39, 0.29) is 0 Å². The molecule has 0 fully saturated rings. The second-order valence-electron chi connectivity index (χ2n) is 3.13. The van der Waals surface area contributed by atoms with Crippen molar-refractivity contribution in [3.8, 4) is 5.75 Å². The molecule has 0 aliphatic rings. The smallest absolute Gasteiger partial charge is 0.137 e. The molecule has 0 saturated heterocycles. The van der Waals surface area contributed by atoms with Gasteiger partial charge in [0.2, 0.25) is 0 Å². The quantitative estimate of drug-likeness (QED) is 0.652. The van der Waals surface area contributed by atoms with Gasteiger partial charge in [0.05, 0.1) is 6.20 Å². The zero-order valence-electron chi connectivity index (χ0n) is 9.11. The summed E-state index contributed by atoms with van der Waals surface area (Å²) in [6.45, 7) is 3.28. The molecule has 0 aliphatic heterocycles. The first-order valence-electron chi connectivity index (χ1n) is 5.16. The zero-order chi connectivity index (χ0) is 10.8. The van der Waals surface area contributed by atoms with Crippen LogP contribution >= 0.6 is 0 Å². The molecule has 0 amide bonds. The molecule has 0 saturated carbocycles. The Kier molecular flexibility index (Phi) is 6.53. The molecule has 1 heterocycles. The van der Waals surface area contributed by atoms with Gasteiger partial charge in [0.25, 0.3) is 0 Å². The molecular weight excluding hydrogens is 192 g/mol. The summed E-state index contributed by atoms with van der Waals surface area (Å²) in [5.41, 5.74) is 0. The Bertz CT molecular complexity index is 242. The number of nitrogens with zero attached hydrogens (tertiary/aromatic N) is 1. The lowest BCUT2D eigenvalue weighted by atomic mass is 10.4. The summed E-state index contributed by atoms with van der Waals surface area (Å²) in [4.78, 5) is 3.96. The Balaban J connectivity index is 1.93. The second-order valence-corrected chi connectivity index (χ2v) is 3.13. The monoisotopic (exact) mass is 210 g/mol. The summed E-state index contributed by atoms with van der Waals surface area (Å²) in [6.07, 6.45) is 4.48. The highest BCUT2D eigenvalue weighted by Crippen LogP contribution is 2.04. The summed E-state index contributed by atoms with van der Waals surface area (Å²) < 4.78 is 10.4. The molecule has 4 nitrogen and oxygen atoms in total. The number of methoxy groups -OCH3 is 1. The van der Waals surface area contributed by atoms with Gasteiger partial charge in [-0.25, -0.2) is 0 Å². The van der Waals surface area contributed by atoms with Gasteiger partial charge in [-0.3, -0.25) is 4.98 Å². The molecule has 0 unspecified atom stereocenters. The van der Waals surface area contributed by atoms with Crippen LogP contribution in [0.5, 0.6) is 5.75 Å². The molecule has 1 N–H and O–H groups in total. The summed E-state index contributed by atoms with van der Waals surface area (Å²) in [7, 11) is 1.71. The Morgan fingerprint density at radius 1 is 1.33 bits per heavy atom. The van der Waals surface area contributed by atoms with Crippen LogP contribution < -0.4 is 10.1 Å². The predicted octanol–water partition coefficient (Wildman–Crippen LogP) is 1.09. The van der Waals surface area contributed by atoms with Crippen LogP contribution in [-0.4, -0.2) is 38.4 Å². The van der Waals surface area contributed by atoms with Gasteiger partial charge in [-0.2, -0.15) is 0 Å². The summed E-state index contributed by atoms with van der Waals surface area (Å²) in [5, 5.41) is 3.27. The molecule has 0 spiro atoms. The van der Waals surface area contributed by atoms with E-state index in [0.717, 1.165) is 31.9 Å². The molecule has 0 aromatic carbocycles. The molecule has 0 atom stereocenters. The highest BCUT2D eigenvalue weighted by Gasteiger charge is 1.91. The van der Waals surface area contributed by atoms with E-state index in [1.807, 2.05) is 12.1 Å². The second kappa shape index (κ2) is 8.20. The number of hydrogen-bond acceptors (Lipinski definition) is 4. The zero-order valence-corrected chi connectivity index (χ0v) is 9.11. The van der Waals surface area contributed by atoms with Crippen LogP contribution in [0.25, 0.3) is 0 Å². The third-order valence-electron chi connectivity index (χ3n) is 1.88. The molecule has 0 radical (unpaired) electrons. The van der Waals surface area contributed by atoms with Gasteiger partial charge >= 0.3 is 0 Å². The van der Waals surface area contributed by atoms with Crippen molar-refractivity contribution in [1.82, 2.24) is 10.3 Å². The molecule has 1 aromatic rings.